The van der Waals surface area contributed by atoms with E-state index < -0.39 is 84.5 Å². The highest BCUT2D eigenvalue weighted by molar-refractivity contribution is 5.66. The minimum atomic E-state index is -2.31. The van der Waals surface area contributed by atoms with E-state index in [1.165, 1.54) is 6.92 Å². The van der Waals surface area contributed by atoms with Crippen LogP contribution in [-0.2, 0) is 5.41 Å². The lowest BCUT2D eigenvalue weighted by molar-refractivity contribution is -0.386. The van der Waals surface area contributed by atoms with Crippen LogP contribution < -0.4 is 0 Å². The first-order valence-corrected chi connectivity index (χ1v) is 9.24. The fourth-order valence-corrected chi connectivity index (χ4v) is 3.94. The SMILES string of the molecule is CCC(c1ccc(F)cc1F)(c1cc(F)cc([N+](=O)[O-])c1O)c1cc(F)cc([N+](=O)[O-])c1O. The Hall–Kier alpha value is -4.22. The molecule has 0 heterocycles. The average Bonchev–Trinajstić information content (AvgIpc) is 2.73. The second-order valence-corrected chi connectivity index (χ2v) is 7.04. The molecule has 0 radical (unpaired) electrons. The maximum absolute atomic E-state index is 15.0. The molecule has 0 fully saturated rings. The number of nitrogens with zero attached hydrogens (tertiary/aromatic N) is 2. The summed E-state index contributed by atoms with van der Waals surface area (Å²) < 4.78 is 57.5. The van der Waals surface area contributed by atoms with Gasteiger partial charge in [-0.25, -0.2) is 17.6 Å². The third-order valence-corrected chi connectivity index (χ3v) is 5.34. The van der Waals surface area contributed by atoms with Gasteiger partial charge < -0.3 is 10.2 Å². The molecular weight excluding hydrogens is 452 g/mol. The number of phenolic OH excluding ortho intramolecular Hbond substituents is 2. The van der Waals surface area contributed by atoms with Crippen LogP contribution in [0.2, 0.25) is 0 Å². The van der Waals surface area contributed by atoms with E-state index in [-0.39, 0.29) is 0 Å². The van der Waals surface area contributed by atoms with Crippen LogP contribution in [0.3, 0.4) is 0 Å². The van der Waals surface area contributed by atoms with Gasteiger partial charge in [0.15, 0.2) is 11.5 Å². The van der Waals surface area contributed by atoms with Crippen LogP contribution in [0.25, 0.3) is 0 Å². The van der Waals surface area contributed by atoms with Crippen LogP contribution in [-0.4, -0.2) is 20.1 Å². The fraction of sp³-hybridized carbons (Fsp3) is 0.143. The number of rotatable bonds is 6. The maximum atomic E-state index is 15.0. The number of halogens is 4. The highest BCUT2D eigenvalue weighted by Crippen LogP contribution is 2.53. The zero-order chi connectivity index (χ0) is 24.7. The molecule has 3 aromatic rings. The summed E-state index contributed by atoms with van der Waals surface area (Å²) in [6, 6.07) is 3.98. The Labute approximate surface area is 182 Å². The molecule has 8 nitrogen and oxygen atoms in total. The summed E-state index contributed by atoms with van der Waals surface area (Å²) >= 11 is 0. The Balaban J connectivity index is 2.61. The van der Waals surface area contributed by atoms with Crippen molar-refractivity contribution in [2.24, 2.45) is 0 Å². The van der Waals surface area contributed by atoms with E-state index in [1.807, 2.05) is 0 Å². The first kappa shape index (κ1) is 23.4. The molecule has 3 aromatic carbocycles. The summed E-state index contributed by atoms with van der Waals surface area (Å²) in [7, 11) is 0. The van der Waals surface area contributed by atoms with E-state index in [4.69, 9.17) is 0 Å². The fourth-order valence-electron chi connectivity index (χ4n) is 3.94. The molecule has 0 aliphatic heterocycles. The average molecular weight is 466 g/mol. The van der Waals surface area contributed by atoms with E-state index in [9.17, 15) is 43.6 Å². The molecule has 0 atom stereocenters. The van der Waals surface area contributed by atoms with Crippen molar-refractivity contribution in [2.75, 3.05) is 0 Å². The molecule has 3 rings (SSSR count). The minimum absolute atomic E-state index is 0.383. The van der Waals surface area contributed by atoms with E-state index in [0.29, 0.717) is 30.3 Å². The van der Waals surface area contributed by atoms with Gasteiger partial charge in [0.1, 0.15) is 23.3 Å². The zero-order valence-electron chi connectivity index (χ0n) is 16.7. The number of benzene rings is 3. The maximum Gasteiger partial charge on any atom is 0.313 e. The van der Waals surface area contributed by atoms with E-state index in [1.54, 1.807) is 0 Å². The number of hydrogen-bond acceptors (Lipinski definition) is 6. The van der Waals surface area contributed by atoms with Gasteiger partial charge in [0, 0.05) is 22.8 Å². The molecule has 0 unspecified atom stereocenters. The normalized spacial score (nSPS) is 11.4. The second-order valence-electron chi connectivity index (χ2n) is 7.04. The van der Waals surface area contributed by atoms with E-state index in [2.05, 4.69) is 0 Å². The molecule has 12 heteroatoms. The van der Waals surface area contributed by atoms with Crippen molar-refractivity contribution in [3.63, 3.8) is 0 Å². The summed E-state index contributed by atoms with van der Waals surface area (Å²) in [4.78, 5) is 20.4. The van der Waals surface area contributed by atoms with Gasteiger partial charge in [0.25, 0.3) is 0 Å². The summed E-state index contributed by atoms with van der Waals surface area (Å²) in [6.45, 7) is 1.31. The number of nitro groups is 2. The molecule has 33 heavy (non-hydrogen) atoms. The van der Waals surface area contributed by atoms with Crippen LogP contribution >= 0.6 is 0 Å². The van der Waals surface area contributed by atoms with Crippen molar-refractivity contribution in [2.45, 2.75) is 18.8 Å². The molecule has 2 N–H and O–H groups in total. The van der Waals surface area contributed by atoms with Crippen molar-refractivity contribution in [1.82, 2.24) is 0 Å². The molecule has 0 aliphatic carbocycles. The molecule has 0 aromatic heterocycles. The molecule has 0 saturated heterocycles. The van der Waals surface area contributed by atoms with Crippen molar-refractivity contribution in [1.29, 1.82) is 0 Å². The molecule has 0 saturated carbocycles. The van der Waals surface area contributed by atoms with E-state index in [0.717, 1.165) is 12.1 Å². The van der Waals surface area contributed by atoms with Gasteiger partial charge in [-0.15, -0.1) is 0 Å². The Morgan fingerprint density at radius 1 is 0.758 bits per heavy atom. The summed E-state index contributed by atoms with van der Waals surface area (Å²) in [5, 5.41) is 44.0. The van der Waals surface area contributed by atoms with Gasteiger partial charge in [0.2, 0.25) is 0 Å². The van der Waals surface area contributed by atoms with Gasteiger partial charge in [-0.1, -0.05) is 13.0 Å². The van der Waals surface area contributed by atoms with Crippen LogP contribution in [0, 0.1) is 43.5 Å². The van der Waals surface area contributed by atoms with Crippen molar-refractivity contribution in [3.05, 3.63) is 103 Å². The van der Waals surface area contributed by atoms with Crippen LogP contribution in [0.15, 0.2) is 42.5 Å². The Kier molecular flexibility index (Phi) is 5.95. The standard InChI is InChI=1S/C21H14F4N2O6/c1-2-21(13-4-3-10(22)7-16(13)25,14-5-11(23)8-17(19(14)28)26(30)31)15-6-12(24)9-18(20(15)29)27(32)33/h3-9,28-29H,2H2,1H3. The summed E-state index contributed by atoms with van der Waals surface area (Å²) in [5.41, 5.74) is -6.52. The minimum Gasteiger partial charge on any atom is -0.502 e. The number of hydrogen-bond donors (Lipinski definition) is 2. The molecule has 172 valence electrons. The quantitative estimate of drug-likeness (QED) is 0.222. The van der Waals surface area contributed by atoms with Gasteiger partial charge in [0.05, 0.1) is 27.4 Å². The van der Waals surface area contributed by atoms with Crippen LogP contribution in [0.4, 0.5) is 28.9 Å². The number of nitro benzene ring substituents is 2. The summed E-state index contributed by atoms with van der Waals surface area (Å²) in [5.74, 6) is -7.14. The number of aromatic hydroxyl groups is 2. The molecule has 0 aliphatic rings. The molecule has 0 spiro atoms. The highest BCUT2D eigenvalue weighted by atomic mass is 19.1. The molecule has 0 amide bonds. The largest absolute Gasteiger partial charge is 0.502 e. The Morgan fingerprint density at radius 3 is 1.58 bits per heavy atom. The van der Waals surface area contributed by atoms with Gasteiger partial charge in [-0.05, 0) is 24.6 Å². The van der Waals surface area contributed by atoms with Crippen LogP contribution in [0.5, 0.6) is 11.5 Å². The van der Waals surface area contributed by atoms with Crippen LogP contribution in [0.1, 0.15) is 30.0 Å². The topological polar surface area (TPSA) is 127 Å². The second kappa shape index (κ2) is 8.37. The van der Waals surface area contributed by atoms with Gasteiger partial charge in [-0.2, -0.15) is 0 Å². The first-order chi connectivity index (χ1) is 15.4. The predicted octanol–water partition coefficient (Wildman–Crippen LogP) is 5.22. The molecular formula is C21H14F4N2O6. The van der Waals surface area contributed by atoms with Gasteiger partial charge in [-0.3, -0.25) is 20.2 Å². The van der Waals surface area contributed by atoms with Crippen molar-refractivity contribution < 1.29 is 37.6 Å². The molecule has 0 bridgehead atoms. The predicted molar refractivity (Wildman–Crippen MR) is 106 cm³/mol. The lowest BCUT2D eigenvalue weighted by Crippen LogP contribution is -2.31. The van der Waals surface area contributed by atoms with Gasteiger partial charge >= 0.3 is 11.4 Å². The number of phenols is 2. The monoisotopic (exact) mass is 466 g/mol. The smallest absolute Gasteiger partial charge is 0.313 e. The first-order valence-electron chi connectivity index (χ1n) is 9.24. The lowest BCUT2D eigenvalue weighted by Gasteiger charge is -2.35. The lowest BCUT2D eigenvalue weighted by atomic mass is 9.66. The van der Waals surface area contributed by atoms with E-state index >= 15 is 4.39 Å². The third-order valence-electron chi connectivity index (χ3n) is 5.34. The van der Waals surface area contributed by atoms with Crippen molar-refractivity contribution in [3.8, 4) is 11.5 Å². The third kappa shape index (κ3) is 3.79. The summed E-state index contributed by atoms with van der Waals surface area (Å²) in [6.07, 6.45) is -0.433. The van der Waals surface area contributed by atoms with Crippen molar-refractivity contribution >= 4 is 11.4 Å². The highest BCUT2D eigenvalue weighted by Gasteiger charge is 2.45. The zero-order valence-corrected chi connectivity index (χ0v) is 16.7. The Bertz CT molecular complexity index is 1230. The Morgan fingerprint density at radius 2 is 1.21 bits per heavy atom.